The van der Waals surface area contributed by atoms with Gasteiger partial charge in [0.05, 0.1) is 7.11 Å². The van der Waals surface area contributed by atoms with Crippen molar-refractivity contribution in [2.75, 3.05) is 13.7 Å². The van der Waals surface area contributed by atoms with Gasteiger partial charge in [-0.05, 0) is 50.6 Å². The van der Waals surface area contributed by atoms with E-state index >= 15 is 0 Å². The lowest BCUT2D eigenvalue weighted by atomic mass is 10.2. The number of ether oxygens (including phenoxy) is 3. The van der Waals surface area contributed by atoms with Crippen molar-refractivity contribution in [1.82, 2.24) is 0 Å². The molecular formula is C14H17ClO5. The Balaban J connectivity index is 2.73. The molecule has 0 saturated heterocycles. The second-order valence-electron chi connectivity index (χ2n) is 5.01. The van der Waals surface area contributed by atoms with Gasteiger partial charge in [0.1, 0.15) is 5.60 Å². The summed E-state index contributed by atoms with van der Waals surface area (Å²) in [4.78, 5) is 22.6. The number of carbonyl (C=O) groups is 2. The van der Waals surface area contributed by atoms with Gasteiger partial charge in [0.25, 0.3) is 5.24 Å². The van der Waals surface area contributed by atoms with E-state index in [0.717, 1.165) is 0 Å². The van der Waals surface area contributed by atoms with Crippen molar-refractivity contribution in [3.05, 3.63) is 23.8 Å². The van der Waals surface area contributed by atoms with Crippen LogP contribution in [0.15, 0.2) is 18.2 Å². The summed E-state index contributed by atoms with van der Waals surface area (Å²) in [5.41, 5.74) is -0.285. The maximum Gasteiger partial charge on any atom is 0.344 e. The van der Waals surface area contributed by atoms with Crippen LogP contribution in [0.3, 0.4) is 0 Å². The highest BCUT2D eigenvalue weighted by molar-refractivity contribution is 6.67. The first-order chi connectivity index (χ1) is 9.23. The van der Waals surface area contributed by atoms with Crippen LogP contribution in [-0.4, -0.2) is 30.5 Å². The van der Waals surface area contributed by atoms with E-state index in [1.807, 2.05) is 0 Å². The Hall–Kier alpha value is -1.75. The summed E-state index contributed by atoms with van der Waals surface area (Å²) in [6.45, 7) is 5.06. The molecule has 110 valence electrons. The van der Waals surface area contributed by atoms with Gasteiger partial charge in [0.2, 0.25) is 0 Å². The number of carbonyl (C=O) groups excluding carboxylic acids is 2. The highest BCUT2D eigenvalue weighted by atomic mass is 35.5. The third kappa shape index (κ3) is 5.09. The lowest BCUT2D eigenvalue weighted by Crippen LogP contribution is -2.27. The molecule has 0 aliphatic carbocycles. The Bertz CT molecular complexity index is 505. The SMILES string of the molecule is COc1cc(C(=O)Cl)ccc1OCC(=O)OC(C)(C)C. The normalized spacial score (nSPS) is 10.8. The van der Waals surface area contributed by atoms with Crippen molar-refractivity contribution in [2.45, 2.75) is 26.4 Å². The average molecular weight is 301 g/mol. The molecule has 20 heavy (non-hydrogen) atoms. The Labute approximate surface area is 122 Å². The summed E-state index contributed by atoms with van der Waals surface area (Å²) in [5.74, 6) is 0.164. The Kier molecular flexibility index (Phi) is 5.39. The molecule has 0 heterocycles. The number of benzene rings is 1. The molecule has 0 aliphatic rings. The van der Waals surface area contributed by atoms with Crippen LogP contribution in [-0.2, 0) is 9.53 Å². The van der Waals surface area contributed by atoms with Gasteiger partial charge >= 0.3 is 5.97 Å². The van der Waals surface area contributed by atoms with Crippen molar-refractivity contribution >= 4 is 22.8 Å². The molecular weight excluding hydrogens is 284 g/mol. The first-order valence-corrected chi connectivity index (χ1v) is 6.33. The third-order valence-electron chi connectivity index (χ3n) is 2.16. The summed E-state index contributed by atoms with van der Waals surface area (Å²) in [6, 6.07) is 4.45. The maximum absolute atomic E-state index is 11.5. The van der Waals surface area contributed by atoms with Crippen LogP contribution in [0.2, 0.25) is 0 Å². The summed E-state index contributed by atoms with van der Waals surface area (Å²) >= 11 is 5.38. The van der Waals surface area contributed by atoms with Crippen LogP contribution < -0.4 is 9.47 Å². The predicted octanol–water partition coefficient (Wildman–Crippen LogP) is 2.79. The molecule has 6 heteroatoms. The molecule has 0 amide bonds. The Morgan fingerprint density at radius 2 is 1.85 bits per heavy atom. The predicted molar refractivity (Wildman–Crippen MR) is 74.5 cm³/mol. The van der Waals surface area contributed by atoms with Gasteiger partial charge in [-0.25, -0.2) is 4.79 Å². The van der Waals surface area contributed by atoms with Crippen molar-refractivity contribution < 1.29 is 23.8 Å². The zero-order valence-electron chi connectivity index (χ0n) is 11.9. The summed E-state index contributed by atoms with van der Waals surface area (Å²) in [6.07, 6.45) is 0. The first kappa shape index (κ1) is 16.3. The van der Waals surface area contributed by atoms with Crippen LogP contribution in [0.4, 0.5) is 0 Å². The zero-order chi connectivity index (χ0) is 15.3. The molecule has 0 unspecified atom stereocenters. The number of methoxy groups -OCH3 is 1. The van der Waals surface area contributed by atoms with E-state index in [0.29, 0.717) is 11.5 Å². The standard InChI is InChI=1S/C14H17ClO5/c1-14(2,3)20-12(16)8-19-10-6-5-9(13(15)17)7-11(10)18-4/h5-7H,8H2,1-4H3. The van der Waals surface area contributed by atoms with Crippen molar-refractivity contribution in [1.29, 1.82) is 0 Å². The van der Waals surface area contributed by atoms with Crippen LogP contribution in [0, 0.1) is 0 Å². The van der Waals surface area contributed by atoms with E-state index in [1.54, 1.807) is 20.8 Å². The second kappa shape index (κ2) is 6.61. The fourth-order valence-corrected chi connectivity index (χ4v) is 1.53. The quantitative estimate of drug-likeness (QED) is 0.618. The monoisotopic (exact) mass is 300 g/mol. The molecule has 1 aromatic rings. The number of rotatable bonds is 5. The number of halogens is 1. The molecule has 0 aliphatic heterocycles. The maximum atomic E-state index is 11.5. The fraction of sp³-hybridized carbons (Fsp3) is 0.429. The molecule has 5 nitrogen and oxygen atoms in total. The Morgan fingerprint density at radius 1 is 1.20 bits per heavy atom. The number of esters is 1. The molecule has 0 bridgehead atoms. The molecule has 1 aromatic carbocycles. The molecule has 0 fully saturated rings. The van der Waals surface area contributed by atoms with Gasteiger partial charge in [-0.2, -0.15) is 0 Å². The minimum atomic E-state index is -0.595. The van der Waals surface area contributed by atoms with Gasteiger partial charge < -0.3 is 14.2 Å². The summed E-state index contributed by atoms with van der Waals surface area (Å²) in [7, 11) is 1.43. The first-order valence-electron chi connectivity index (χ1n) is 5.95. The van der Waals surface area contributed by atoms with Crippen LogP contribution >= 0.6 is 11.6 Å². The van der Waals surface area contributed by atoms with Gasteiger partial charge in [-0.15, -0.1) is 0 Å². The van der Waals surface area contributed by atoms with Crippen LogP contribution in [0.5, 0.6) is 11.5 Å². The molecule has 1 rings (SSSR count). The van der Waals surface area contributed by atoms with E-state index in [4.69, 9.17) is 25.8 Å². The van der Waals surface area contributed by atoms with E-state index in [9.17, 15) is 9.59 Å². The molecule has 0 saturated carbocycles. The number of hydrogen-bond acceptors (Lipinski definition) is 5. The van der Waals surface area contributed by atoms with Crippen molar-refractivity contribution in [3.63, 3.8) is 0 Å². The summed E-state index contributed by atoms with van der Waals surface area (Å²) in [5, 5.41) is -0.595. The summed E-state index contributed by atoms with van der Waals surface area (Å²) < 4.78 is 15.5. The van der Waals surface area contributed by atoms with Gasteiger partial charge in [-0.3, -0.25) is 4.79 Å². The molecule has 0 radical (unpaired) electrons. The van der Waals surface area contributed by atoms with Crippen molar-refractivity contribution in [3.8, 4) is 11.5 Å². The smallest absolute Gasteiger partial charge is 0.344 e. The van der Waals surface area contributed by atoms with Gasteiger partial charge in [0.15, 0.2) is 18.1 Å². The minimum Gasteiger partial charge on any atom is -0.493 e. The van der Waals surface area contributed by atoms with Crippen LogP contribution in [0.25, 0.3) is 0 Å². The minimum absolute atomic E-state index is 0.248. The zero-order valence-corrected chi connectivity index (χ0v) is 12.6. The van der Waals surface area contributed by atoms with Gasteiger partial charge in [-0.1, -0.05) is 0 Å². The van der Waals surface area contributed by atoms with E-state index in [2.05, 4.69) is 0 Å². The van der Waals surface area contributed by atoms with Gasteiger partial charge in [0, 0.05) is 5.56 Å². The highest BCUT2D eigenvalue weighted by Crippen LogP contribution is 2.28. The highest BCUT2D eigenvalue weighted by Gasteiger charge is 2.17. The van der Waals surface area contributed by atoms with Crippen LogP contribution in [0.1, 0.15) is 31.1 Å². The lowest BCUT2D eigenvalue weighted by Gasteiger charge is -2.19. The fourth-order valence-electron chi connectivity index (χ4n) is 1.42. The molecule has 0 aromatic heterocycles. The van der Waals surface area contributed by atoms with Crippen molar-refractivity contribution in [2.24, 2.45) is 0 Å². The molecule has 0 spiro atoms. The van der Waals surface area contributed by atoms with E-state index in [1.165, 1.54) is 25.3 Å². The number of hydrogen-bond donors (Lipinski definition) is 0. The largest absolute Gasteiger partial charge is 0.493 e. The third-order valence-corrected chi connectivity index (χ3v) is 2.37. The van der Waals surface area contributed by atoms with E-state index in [-0.39, 0.29) is 12.2 Å². The lowest BCUT2D eigenvalue weighted by molar-refractivity contribution is -0.157. The van der Waals surface area contributed by atoms with E-state index < -0.39 is 16.8 Å². The Morgan fingerprint density at radius 3 is 2.35 bits per heavy atom. The second-order valence-corrected chi connectivity index (χ2v) is 5.36. The average Bonchev–Trinajstić information content (AvgIpc) is 2.33. The molecule has 0 atom stereocenters. The topological polar surface area (TPSA) is 61.8 Å². The molecule has 0 N–H and O–H groups in total.